The highest BCUT2D eigenvalue weighted by Crippen LogP contribution is 2.27. The number of rotatable bonds is 4. The molecule has 0 spiro atoms. The third kappa shape index (κ3) is 4.12. The molecule has 1 aromatic carbocycles. The van der Waals surface area contributed by atoms with Crippen LogP contribution in [0, 0.1) is 0 Å². The molecule has 1 aliphatic rings. The lowest BCUT2D eigenvalue weighted by atomic mass is 9.90. The fourth-order valence-corrected chi connectivity index (χ4v) is 3.41. The number of nitrogens with zero attached hydrogens (tertiary/aromatic N) is 1. The van der Waals surface area contributed by atoms with Crippen LogP contribution in [0.4, 0.5) is 0 Å². The van der Waals surface area contributed by atoms with Gasteiger partial charge in [-0.05, 0) is 50.3 Å². The first-order valence-corrected chi connectivity index (χ1v) is 8.30. The van der Waals surface area contributed by atoms with Gasteiger partial charge in [-0.25, -0.2) is 0 Å². The van der Waals surface area contributed by atoms with E-state index in [1.54, 1.807) is 18.2 Å². The van der Waals surface area contributed by atoms with Gasteiger partial charge in [0.15, 0.2) is 0 Å². The number of halogens is 2. The third-order valence-corrected chi connectivity index (χ3v) is 4.62. The minimum Gasteiger partial charge on any atom is -0.336 e. The van der Waals surface area contributed by atoms with Crippen molar-refractivity contribution in [3.63, 3.8) is 0 Å². The molecule has 0 aliphatic heterocycles. The molecular weight excluding hydrogens is 307 g/mol. The SMILES string of the molecule is CCCN(C(=O)c1ccc(Cl)cc1Cl)C1CCC(N)CC1. The molecule has 0 radical (unpaired) electrons. The smallest absolute Gasteiger partial charge is 0.255 e. The predicted octanol–water partition coefficient (Wildman–Crippen LogP) is 4.12. The van der Waals surface area contributed by atoms with Gasteiger partial charge < -0.3 is 10.6 Å². The van der Waals surface area contributed by atoms with Crippen LogP contribution in [0.3, 0.4) is 0 Å². The molecule has 0 heterocycles. The second-order valence-electron chi connectivity index (χ2n) is 5.69. The van der Waals surface area contributed by atoms with E-state index in [9.17, 15) is 4.79 Å². The standard InChI is InChI=1S/C16H22Cl2N2O/c1-2-9-20(13-6-4-12(19)5-7-13)16(21)14-8-3-11(17)10-15(14)18/h3,8,10,12-13H,2,4-7,9,19H2,1H3. The van der Waals surface area contributed by atoms with Gasteiger partial charge in [-0.15, -0.1) is 0 Å². The van der Waals surface area contributed by atoms with Crippen LogP contribution in [0.5, 0.6) is 0 Å². The molecule has 2 rings (SSSR count). The van der Waals surface area contributed by atoms with Gasteiger partial charge in [0.05, 0.1) is 10.6 Å². The van der Waals surface area contributed by atoms with E-state index in [0.29, 0.717) is 15.6 Å². The average molecular weight is 329 g/mol. The summed E-state index contributed by atoms with van der Waals surface area (Å²) in [6.45, 7) is 2.83. The lowest BCUT2D eigenvalue weighted by molar-refractivity contribution is 0.0627. The first-order valence-electron chi connectivity index (χ1n) is 7.54. The Kier molecular flexibility index (Phi) is 5.91. The van der Waals surface area contributed by atoms with Gasteiger partial charge in [0.1, 0.15) is 0 Å². The molecule has 2 N–H and O–H groups in total. The molecule has 0 atom stereocenters. The minimum absolute atomic E-state index is 0.000937. The molecule has 1 aliphatic carbocycles. The van der Waals surface area contributed by atoms with E-state index in [1.165, 1.54) is 0 Å². The normalized spacial score (nSPS) is 22.1. The number of amides is 1. The van der Waals surface area contributed by atoms with Gasteiger partial charge in [-0.2, -0.15) is 0 Å². The molecular formula is C16H22Cl2N2O. The Balaban J connectivity index is 2.18. The number of hydrogen-bond donors (Lipinski definition) is 1. The summed E-state index contributed by atoms with van der Waals surface area (Å²) in [6, 6.07) is 5.59. The molecule has 21 heavy (non-hydrogen) atoms. The third-order valence-electron chi connectivity index (χ3n) is 4.07. The molecule has 0 aromatic heterocycles. The monoisotopic (exact) mass is 328 g/mol. The van der Waals surface area contributed by atoms with Crippen LogP contribution in [-0.4, -0.2) is 29.4 Å². The maximum atomic E-state index is 12.8. The van der Waals surface area contributed by atoms with E-state index < -0.39 is 0 Å². The molecule has 5 heteroatoms. The van der Waals surface area contributed by atoms with Crippen molar-refractivity contribution in [1.29, 1.82) is 0 Å². The highest BCUT2D eigenvalue weighted by molar-refractivity contribution is 6.36. The van der Waals surface area contributed by atoms with Gasteiger partial charge in [0.2, 0.25) is 0 Å². The van der Waals surface area contributed by atoms with Gasteiger partial charge in [0.25, 0.3) is 5.91 Å². The van der Waals surface area contributed by atoms with Crippen molar-refractivity contribution in [2.75, 3.05) is 6.54 Å². The summed E-state index contributed by atoms with van der Waals surface area (Å²) in [5.41, 5.74) is 6.49. The maximum absolute atomic E-state index is 12.8. The Hall–Kier alpha value is -0.770. The Labute approximate surface area is 136 Å². The predicted molar refractivity (Wildman–Crippen MR) is 88.0 cm³/mol. The largest absolute Gasteiger partial charge is 0.336 e. The Bertz CT molecular complexity index is 499. The Morgan fingerprint density at radius 3 is 2.52 bits per heavy atom. The topological polar surface area (TPSA) is 46.3 Å². The fraction of sp³-hybridized carbons (Fsp3) is 0.562. The van der Waals surface area contributed by atoms with E-state index in [2.05, 4.69) is 6.92 Å². The van der Waals surface area contributed by atoms with Crippen LogP contribution in [0.2, 0.25) is 10.0 Å². The molecule has 0 unspecified atom stereocenters. The van der Waals surface area contributed by atoms with Crippen LogP contribution in [0.1, 0.15) is 49.4 Å². The maximum Gasteiger partial charge on any atom is 0.255 e. The van der Waals surface area contributed by atoms with Crippen molar-refractivity contribution in [1.82, 2.24) is 4.90 Å². The minimum atomic E-state index is -0.000937. The van der Waals surface area contributed by atoms with Crippen LogP contribution >= 0.6 is 23.2 Å². The zero-order valence-corrected chi connectivity index (χ0v) is 13.8. The van der Waals surface area contributed by atoms with Crippen molar-refractivity contribution in [3.8, 4) is 0 Å². The van der Waals surface area contributed by atoms with Crippen molar-refractivity contribution < 1.29 is 4.79 Å². The molecule has 1 fully saturated rings. The molecule has 0 saturated heterocycles. The molecule has 0 bridgehead atoms. The summed E-state index contributed by atoms with van der Waals surface area (Å²) in [5.74, 6) is -0.000937. The summed E-state index contributed by atoms with van der Waals surface area (Å²) in [5, 5.41) is 0.961. The van der Waals surface area contributed by atoms with Crippen molar-refractivity contribution in [2.24, 2.45) is 5.73 Å². The van der Waals surface area contributed by atoms with E-state index >= 15 is 0 Å². The second kappa shape index (κ2) is 7.48. The number of carbonyl (C=O) groups is 1. The number of benzene rings is 1. The number of carbonyl (C=O) groups excluding carboxylic acids is 1. The van der Waals surface area contributed by atoms with Gasteiger partial charge in [-0.1, -0.05) is 30.1 Å². The zero-order valence-electron chi connectivity index (χ0n) is 12.3. The first kappa shape index (κ1) is 16.6. The summed E-state index contributed by atoms with van der Waals surface area (Å²) < 4.78 is 0. The number of nitrogens with two attached hydrogens (primary N) is 1. The average Bonchev–Trinajstić information content (AvgIpc) is 2.45. The summed E-state index contributed by atoms with van der Waals surface area (Å²) >= 11 is 12.1. The summed E-state index contributed by atoms with van der Waals surface area (Å²) in [4.78, 5) is 14.8. The van der Waals surface area contributed by atoms with Gasteiger partial charge in [0, 0.05) is 23.7 Å². The summed E-state index contributed by atoms with van der Waals surface area (Å²) in [7, 11) is 0. The van der Waals surface area contributed by atoms with Gasteiger partial charge >= 0.3 is 0 Å². The van der Waals surface area contributed by atoms with E-state index in [0.717, 1.165) is 38.6 Å². The Morgan fingerprint density at radius 1 is 1.29 bits per heavy atom. The second-order valence-corrected chi connectivity index (χ2v) is 6.53. The number of hydrogen-bond acceptors (Lipinski definition) is 2. The Morgan fingerprint density at radius 2 is 1.95 bits per heavy atom. The van der Waals surface area contributed by atoms with Crippen molar-refractivity contribution >= 4 is 29.1 Å². The van der Waals surface area contributed by atoms with Crippen LogP contribution in [-0.2, 0) is 0 Å². The first-order chi connectivity index (χ1) is 10.0. The lowest BCUT2D eigenvalue weighted by Gasteiger charge is -2.36. The molecule has 116 valence electrons. The van der Waals surface area contributed by atoms with Crippen LogP contribution in [0.25, 0.3) is 0 Å². The molecule has 1 saturated carbocycles. The molecule has 3 nitrogen and oxygen atoms in total. The van der Waals surface area contributed by atoms with Crippen molar-refractivity contribution in [2.45, 2.75) is 51.1 Å². The zero-order chi connectivity index (χ0) is 15.4. The fourth-order valence-electron chi connectivity index (χ4n) is 2.92. The summed E-state index contributed by atoms with van der Waals surface area (Å²) in [6.07, 6.45) is 4.83. The quantitative estimate of drug-likeness (QED) is 0.903. The van der Waals surface area contributed by atoms with Crippen LogP contribution < -0.4 is 5.73 Å². The van der Waals surface area contributed by atoms with E-state index in [1.807, 2.05) is 4.90 Å². The van der Waals surface area contributed by atoms with E-state index in [-0.39, 0.29) is 18.0 Å². The van der Waals surface area contributed by atoms with Gasteiger partial charge in [-0.3, -0.25) is 4.79 Å². The highest BCUT2D eigenvalue weighted by atomic mass is 35.5. The van der Waals surface area contributed by atoms with Crippen LogP contribution in [0.15, 0.2) is 18.2 Å². The highest BCUT2D eigenvalue weighted by Gasteiger charge is 2.28. The molecule has 1 amide bonds. The van der Waals surface area contributed by atoms with E-state index in [4.69, 9.17) is 28.9 Å². The van der Waals surface area contributed by atoms with Crippen molar-refractivity contribution in [3.05, 3.63) is 33.8 Å². The molecule has 1 aromatic rings. The lowest BCUT2D eigenvalue weighted by Crippen LogP contribution is -2.44.